The number of non-ortho nitro benzene ring substituents is 1. The molecule has 1 saturated heterocycles. The van der Waals surface area contributed by atoms with Crippen molar-refractivity contribution in [2.45, 2.75) is 0 Å². The quantitative estimate of drug-likeness (QED) is 0.602. The third kappa shape index (κ3) is 2.48. The maximum absolute atomic E-state index is 10.9. The molecule has 1 N–H and O–H groups in total. The number of ether oxygens (including phenoxy) is 1. The van der Waals surface area contributed by atoms with Crippen molar-refractivity contribution in [3.8, 4) is 5.75 Å². The highest BCUT2D eigenvalue weighted by atomic mass is 32.3. The van der Waals surface area contributed by atoms with Crippen molar-refractivity contribution in [1.82, 2.24) is 5.59 Å². The molecular weight excluding hydrogens is 270 g/mol. The minimum Gasteiger partial charge on any atom is -0.496 e. The molecule has 0 aliphatic carbocycles. The lowest BCUT2D eigenvalue weighted by molar-refractivity contribution is -0.384. The van der Waals surface area contributed by atoms with Crippen molar-refractivity contribution in [3.63, 3.8) is 0 Å². The van der Waals surface area contributed by atoms with E-state index in [2.05, 4.69) is 8.57 Å². The number of anilines is 1. The molecule has 0 radical (unpaired) electrons. The molecule has 98 valence electrons. The minimum absolute atomic E-state index is 0.0297. The van der Waals surface area contributed by atoms with E-state index in [1.54, 1.807) is 0 Å². The second-order valence-electron chi connectivity index (χ2n) is 3.10. The van der Waals surface area contributed by atoms with Crippen LogP contribution < -0.4 is 15.5 Å². The molecule has 0 saturated carbocycles. The fraction of sp³-hybridized carbons (Fsp3) is 0.143. The number of nitro groups is 1. The highest BCUT2D eigenvalue weighted by Crippen LogP contribution is 2.29. The first-order valence-electron chi connectivity index (χ1n) is 4.43. The van der Waals surface area contributed by atoms with Crippen LogP contribution in [-0.2, 0) is 19.0 Å². The van der Waals surface area contributed by atoms with Crippen molar-refractivity contribution in [2.24, 2.45) is 0 Å². The fourth-order valence-corrected chi connectivity index (χ4v) is 1.69. The average molecular weight is 277 g/mol. The van der Waals surface area contributed by atoms with E-state index in [9.17, 15) is 18.5 Å². The van der Waals surface area contributed by atoms with Crippen LogP contribution in [0.4, 0.5) is 11.4 Å². The second-order valence-corrected chi connectivity index (χ2v) is 4.23. The monoisotopic (exact) mass is 277 g/mol. The smallest absolute Gasteiger partial charge is 0.440 e. The molecule has 1 heterocycles. The molecule has 1 aliphatic rings. The van der Waals surface area contributed by atoms with Crippen LogP contribution in [0.2, 0.25) is 0 Å². The largest absolute Gasteiger partial charge is 0.496 e. The number of rotatable bonds is 3. The molecule has 1 aliphatic heterocycles. The summed E-state index contributed by atoms with van der Waals surface area (Å²) in [6, 6.07) is 3.58. The van der Waals surface area contributed by atoms with Gasteiger partial charge in [0.2, 0.25) is 0 Å². The van der Waals surface area contributed by atoms with Gasteiger partial charge in [-0.1, -0.05) is 5.59 Å². The van der Waals surface area contributed by atoms with Gasteiger partial charge in [-0.05, 0) is 0 Å². The number of nitrogens with one attached hydrogen (secondary N) is 1. The highest BCUT2D eigenvalue weighted by Gasteiger charge is 2.30. The van der Waals surface area contributed by atoms with E-state index in [0.29, 0.717) is 5.17 Å². The predicted molar refractivity (Wildman–Crippen MR) is 56.4 cm³/mol. The van der Waals surface area contributed by atoms with Gasteiger partial charge in [0.1, 0.15) is 5.75 Å². The normalized spacial score (nSPS) is 17.7. The molecule has 2 rings (SSSR count). The average Bonchev–Trinajstić information content (AvgIpc) is 2.69. The van der Waals surface area contributed by atoms with Crippen LogP contribution in [-0.4, -0.2) is 20.5 Å². The molecule has 1 aromatic rings. The first kappa shape index (κ1) is 12.5. The minimum atomic E-state index is -4.19. The molecule has 1 aromatic carbocycles. The first-order valence-corrected chi connectivity index (χ1v) is 5.77. The van der Waals surface area contributed by atoms with Gasteiger partial charge in [0, 0.05) is 12.1 Å². The van der Waals surface area contributed by atoms with Gasteiger partial charge in [0.05, 0.1) is 23.8 Å². The van der Waals surface area contributed by atoms with Crippen molar-refractivity contribution >= 4 is 21.8 Å². The van der Waals surface area contributed by atoms with Gasteiger partial charge in [0.25, 0.3) is 5.69 Å². The van der Waals surface area contributed by atoms with Gasteiger partial charge in [-0.3, -0.25) is 10.1 Å². The number of nitrogens with zero attached hydrogens (tertiary/aromatic N) is 2. The highest BCUT2D eigenvalue weighted by molar-refractivity contribution is 7.82. The summed E-state index contributed by atoms with van der Waals surface area (Å²) in [5, 5.41) is 11.3. The standard InChI is InChI=1S/C7H7N3O7S/c1-15-7-3-5(2-6(4-7)10(11)12)9-8-16-18(13,14)17-9/h2-4,8H,1H3. The lowest BCUT2D eigenvalue weighted by Gasteiger charge is -2.11. The molecule has 18 heavy (non-hydrogen) atoms. The lowest BCUT2D eigenvalue weighted by atomic mass is 10.2. The summed E-state index contributed by atoms with van der Waals surface area (Å²) in [5.41, 5.74) is 1.66. The lowest BCUT2D eigenvalue weighted by Crippen LogP contribution is -2.28. The van der Waals surface area contributed by atoms with Crippen molar-refractivity contribution in [2.75, 3.05) is 12.3 Å². The molecule has 10 nitrogen and oxygen atoms in total. The summed E-state index contributed by atoms with van der Waals surface area (Å²) in [7, 11) is -2.88. The molecule has 0 atom stereocenters. The van der Waals surface area contributed by atoms with Crippen LogP contribution in [0.1, 0.15) is 0 Å². The molecule has 0 unspecified atom stereocenters. The Kier molecular flexibility index (Phi) is 3.04. The van der Waals surface area contributed by atoms with Crippen molar-refractivity contribution in [1.29, 1.82) is 0 Å². The zero-order valence-corrected chi connectivity index (χ0v) is 9.71. The Hall–Kier alpha value is -1.95. The number of methoxy groups -OCH3 is 1. The van der Waals surface area contributed by atoms with E-state index in [1.807, 2.05) is 5.59 Å². The molecule has 0 amide bonds. The van der Waals surface area contributed by atoms with Crippen molar-refractivity contribution in [3.05, 3.63) is 28.3 Å². The summed E-state index contributed by atoms with van der Waals surface area (Å²) >= 11 is 0. The van der Waals surface area contributed by atoms with Gasteiger partial charge in [-0.15, -0.1) is 13.7 Å². The SMILES string of the molecule is COc1cc(N2NOS(=O)(=O)O2)cc([N+](=O)[O-])c1. The van der Waals surface area contributed by atoms with Crippen LogP contribution in [0.5, 0.6) is 5.75 Å². The Morgan fingerprint density at radius 2 is 2.17 bits per heavy atom. The molecular formula is C7H7N3O7S. The van der Waals surface area contributed by atoms with E-state index >= 15 is 0 Å². The number of hydrogen-bond donors (Lipinski definition) is 1. The van der Waals surface area contributed by atoms with Crippen LogP contribution in [0.15, 0.2) is 18.2 Å². The maximum Gasteiger partial charge on any atom is 0.440 e. The second kappa shape index (κ2) is 4.38. The topological polar surface area (TPSA) is 120 Å². The third-order valence-electron chi connectivity index (χ3n) is 1.95. The van der Waals surface area contributed by atoms with Gasteiger partial charge < -0.3 is 4.74 Å². The van der Waals surface area contributed by atoms with Crippen LogP contribution in [0.25, 0.3) is 0 Å². The molecule has 1 fully saturated rings. The van der Waals surface area contributed by atoms with Gasteiger partial charge in [-0.25, -0.2) is 0 Å². The van der Waals surface area contributed by atoms with E-state index in [4.69, 9.17) is 4.74 Å². The van der Waals surface area contributed by atoms with E-state index < -0.39 is 15.3 Å². The van der Waals surface area contributed by atoms with Gasteiger partial charge in [-0.2, -0.15) is 8.42 Å². The number of nitro benzene ring substituents is 1. The Morgan fingerprint density at radius 1 is 1.44 bits per heavy atom. The number of hydrogen-bond acceptors (Lipinski definition) is 9. The number of benzene rings is 1. The Labute approximate surface area is 101 Å². The maximum atomic E-state index is 10.9. The third-order valence-corrected chi connectivity index (χ3v) is 2.56. The van der Waals surface area contributed by atoms with Gasteiger partial charge >= 0.3 is 10.4 Å². The zero-order chi connectivity index (χ0) is 13.3. The molecule has 0 aromatic heterocycles. The fourth-order valence-electron chi connectivity index (χ4n) is 1.21. The summed E-state index contributed by atoms with van der Waals surface area (Å²) in [5.74, 6) is 0.161. The summed E-state index contributed by atoms with van der Waals surface area (Å²) in [6.07, 6.45) is 0. The van der Waals surface area contributed by atoms with Crippen molar-refractivity contribution < 1.29 is 26.6 Å². The molecule has 11 heteroatoms. The molecule has 0 bridgehead atoms. The first-order chi connectivity index (χ1) is 8.41. The summed E-state index contributed by atoms with van der Waals surface area (Å²) in [6.45, 7) is 0. The molecule has 0 spiro atoms. The Morgan fingerprint density at radius 3 is 2.67 bits per heavy atom. The Bertz CT molecular complexity index is 587. The van der Waals surface area contributed by atoms with Gasteiger partial charge in [0.15, 0.2) is 0 Å². The van der Waals surface area contributed by atoms with E-state index in [0.717, 1.165) is 6.07 Å². The van der Waals surface area contributed by atoms with Crippen LogP contribution in [0, 0.1) is 10.1 Å². The Balaban J connectivity index is 2.39. The van der Waals surface area contributed by atoms with E-state index in [1.165, 1.54) is 19.2 Å². The van der Waals surface area contributed by atoms with Crippen LogP contribution in [0.3, 0.4) is 0 Å². The summed E-state index contributed by atoms with van der Waals surface area (Å²) < 4.78 is 35.1. The predicted octanol–water partition coefficient (Wildman–Crippen LogP) is 0.0360. The number of hydrazine groups is 1. The van der Waals surface area contributed by atoms with Crippen LogP contribution >= 0.6 is 0 Å². The van der Waals surface area contributed by atoms with E-state index in [-0.39, 0.29) is 17.1 Å². The summed E-state index contributed by atoms with van der Waals surface area (Å²) in [4.78, 5) is 10.0. The zero-order valence-electron chi connectivity index (χ0n) is 8.89.